The largest absolute Gasteiger partial charge is 0.494 e. The lowest BCUT2D eigenvalue weighted by molar-refractivity contribution is -0.961. The maximum Gasteiger partial charge on any atom is 0.207 e. The van der Waals surface area contributed by atoms with E-state index in [9.17, 15) is 9.90 Å². The van der Waals surface area contributed by atoms with Crippen molar-refractivity contribution in [2.24, 2.45) is 0 Å². The molecule has 0 radical (unpaired) electrons. The first-order chi connectivity index (χ1) is 10.8. The highest BCUT2D eigenvalue weighted by Crippen LogP contribution is 2.23. The van der Waals surface area contributed by atoms with E-state index in [4.69, 9.17) is 4.74 Å². The first-order valence-electron chi connectivity index (χ1n) is 8.13. The number of rotatable bonds is 9. The molecule has 1 fully saturated rings. The van der Waals surface area contributed by atoms with Gasteiger partial charge in [0, 0.05) is 12.1 Å². The second-order valence-electron chi connectivity index (χ2n) is 6.07. The lowest BCUT2D eigenvalue weighted by Gasteiger charge is -2.39. The van der Waals surface area contributed by atoms with Gasteiger partial charge in [-0.2, -0.15) is 0 Å². The van der Waals surface area contributed by atoms with Crippen molar-refractivity contribution in [2.45, 2.75) is 32.2 Å². The minimum absolute atomic E-state index is 0.211. The summed E-state index contributed by atoms with van der Waals surface area (Å²) >= 11 is 0. The van der Waals surface area contributed by atoms with Gasteiger partial charge in [0.2, 0.25) is 6.41 Å². The first kappa shape index (κ1) is 16.8. The fraction of sp³-hybridized carbons (Fsp3) is 0.588. The lowest BCUT2D eigenvalue weighted by atomic mass is 10.1. The maximum atomic E-state index is 10.2. The summed E-state index contributed by atoms with van der Waals surface area (Å²) in [7, 11) is 0. The SMILES string of the molecule is O=CNCCCOc1cccc(C[N+]2(CO)CCCCC2)c1. The molecule has 22 heavy (non-hydrogen) atoms. The van der Waals surface area contributed by atoms with E-state index in [0.29, 0.717) is 19.6 Å². The number of piperidine rings is 1. The second kappa shape index (κ2) is 8.76. The molecular weight excluding hydrogens is 280 g/mol. The predicted octanol–water partition coefficient (Wildman–Crippen LogP) is 1.65. The Morgan fingerprint density at radius 3 is 2.82 bits per heavy atom. The average Bonchev–Trinajstić information content (AvgIpc) is 2.56. The molecular formula is C17H27N2O3+. The molecule has 1 aliphatic rings. The Balaban J connectivity index is 1.88. The molecule has 1 heterocycles. The molecule has 1 aliphatic heterocycles. The van der Waals surface area contributed by atoms with Crippen molar-refractivity contribution in [2.75, 3.05) is 33.0 Å². The van der Waals surface area contributed by atoms with Crippen molar-refractivity contribution in [1.82, 2.24) is 5.32 Å². The van der Waals surface area contributed by atoms with E-state index in [1.165, 1.54) is 24.8 Å². The summed E-state index contributed by atoms with van der Waals surface area (Å²) in [5.41, 5.74) is 1.21. The van der Waals surface area contributed by atoms with Crippen LogP contribution in [0.15, 0.2) is 24.3 Å². The highest BCUT2D eigenvalue weighted by atomic mass is 16.5. The van der Waals surface area contributed by atoms with Gasteiger partial charge in [-0.05, 0) is 37.8 Å². The Hall–Kier alpha value is -1.59. The van der Waals surface area contributed by atoms with Crippen LogP contribution in [0, 0.1) is 0 Å². The zero-order valence-corrected chi connectivity index (χ0v) is 13.2. The van der Waals surface area contributed by atoms with Crippen LogP contribution >= 0.6 is 0 Å². The lowest BCUT2D eigenvalue weighted by Crippen LogP contribution is -2.51. The minimum atomic E-state index is 0.211. The molecule has 5 nitrogen and oxygen atoms in total. The van der Waals surface area contributed by atoms with E-state index in [1.807, 2.05) is 12.1 Å². The number of amides is 1. The van der Waals surface area contributed by atoms with Crippen LogP contribution in [0.5, 0.6) is 5.75 Å². The van der Waals surface area contributed by atoms with Crippen LogP contribution in [0.25, 0.3) is 0 Å². The Morgan fingerprint density at radius 2 is 2.09 bits per heavy atom. The molecule has 0 saturated carbocycles. The zero-order chi connectivity index (χ0) is 15.7. The third kappa shape index (κ3) is 5.00. The zero-order valence-electron chi connectivity index (χ0n) is 13.2. The van der Waals surface area contributed by atoms with Crippen molar-refractivity contribution in [1.29, 1.82) is 0 Å². The number of likely N-dealkylation sites (tertiary alicyclic amines) is 1. The van der Waals surface area contributed by atoms with Gasteiger partial charge in [-0.25, -0.2) is 0 Å². The van der Waals surface area contributed by atoms with E-state index >= 15 is 0 Å². The number of aliphatic hydroxyl groups is 1. The second-order valence-corrected chi connectivity index (χ2v) is 6.07. The third-order valence-corrected chi connectivity index (χ3v) is 4.30. The Labute approximate surface area is 132 Å². The van der Waals surface area contributed by atoms with Crippen molar-refractivity contribution < 1.29 is 19.1 Å². The molecule has 0 aromatic heterocycles. The van der Waals surface area contributed by atoms with E-state index < -0.39 is 0 Å². The summed E-state index contributed by atoms with van der Waals surface area (Å²) in [6.07, 6.45) is 5.16. The van der Waals surface area contributed by atoms with Gasteiger partial charge in [-0.15, -0.1) is 0 Å². The van der Waals surface area contributed by atoms with Crippen LogP contribution in [0.2, 0.25) is 0 Å². The fourth-order valence-corrected chi connectivity index (χ4v) is 3.08. The van der Waals surface area contributed by atoms with E-state index in [1.54, 1.807) is 0 Å². The van der Waals surface area contributed by atoms with Gasteiger partial charge in [0.05, 0.1) is 19.7 Å². The molecule has 122 valence electrons. The van der Waals surface area contributed by atoms with E-state index in [0.717, 1.165) is 36.3 Å². The number of ether oxygens (including phenoxy) is 1. The molecule has 0 aliphatic carbocycles. The molecule has 0 atom stereocenters. The summed E-state index contributed by atoms with van der Waals surface area (Å²) in [6, 6.07) is 8.13. The maximum absolute atomic E-state index is 10.2. The molecule has 1 saturated heterocycles. The Kier molecular flexibility index (Phi) is 6.68. The van der Waals surface area contributed by atoms with Crippen LogP contribution in [0.3, 0.4) is 0 Å². The number of quaternary nitrogens is 1. The predicted molar refractivity (Wildman–Crippen MR) is 85.3 cm³/mol. The first-order valence-corrected chi connectivity index (χ1v) is 8.13. The number of benzene rings is 1. The highest BCUT2D eigenvalue weighted by molar-refractivity contribution is 5.45. The summed E-state index contributed by atoms with van der Waals surface area (Å²) in [5, 5.41) is 12.4. The van der Waals surface area contributed by atoms with Crippen LogP contribution < -0.4 is 10.1 Å². The minimum Gasteiger partial charge on any atom is -0.494 e. The molecule has 1 aromatic carbocycles. The Bertz CT molecular complexity index is 459. The van der Waals surface area contributed by atoms with Gasteiger partial charge in [-0.3, -0.25) is 9.28 Å². The molecule has 5 heteroatoms. The molecule has 0 unspecified atom stereocenters. The van der Waals surface area contributed by atoms with Crippen LogP contribution in [-0.2, 0) is 11.3 Å². The topological polar surface area (TPSA) is 58.6 Å². The van der Waals surface area contributed by atoms with Crippen molar-refractivity contribution in [3.8, 4) is 5.75 Å². The average molecular weight is 307 g/mol. The summed E-state index contributed by atoms with van der Waals surface area (Å²) in [6.45, 7) is 4.40. The number of aliphatic hydroxyl groups excluding tert-OH is 1. The molecule has 0 spiro atoms. The van der Waals surface area contributed by atoms with E-state index in [2.05, 4.69) is 17.4 Å². The van der Waals surface area contributed by atoms with Gasteiger partial charge in [0.15, 0.2) is 6.73 Å². The van der Waals surface area contributed by atoms with Gasteiger partial charge < -0.3 is 15.2 Å². The van der Waals surface area contributed by atoms with Crippen LogP contribution in [0.1, 0.15) is 31.2 Å². The quantitative estimate of drug-likeness (QED) is 0.414. The number of nitrogens with zero attached hydrogens (tertiary/aromatic N) is 1. The third-order valence-electron chi connectivity index (χ3n) is 4.30. The summed E-state index contributed by atoms with van der Waals surface area (Å²) in [4.78, 5) is 10.2. The van der Waals surface area contributed by atoms with Crippen molar-refractivity contribution in [3.63, 3.8) is 0 Å². The van der Waals surface area contributed by atoms with Gasteiger partial charge in [-0.1, -0.05) is 12.1 Å². The monoisotopic (exact) mass is 307 g/mol. The molecule has 1 aromatic rings. The van der Waals surface area contributed by atoms with Gasteiger partial charge >= 0.3 is 0 Å². The van der Waals surface area contributed by atoms with E-state index in [-0.39, 0.29) is 6.73 Å². The number of carbonyl (C=O) groups excluding carboxylic acids is 1. The molecule has 2 rings (SSSR count). The Morgan fingerprint density at radius 1 is 1.27 bits per heavy atom. The van der Waals surface area contributed by atoms with Crippen LogP contribution in [-0.4, -0.2) is 49.0 Å². The number of hydrogen-bond donors (Lipinski definition) is 2. The van der Waals surface area contributed by atoms with Gasteiger partial charge in [0.1, 0.15) is 12.3 Å². The molecule has 1 amide bonds. The van der Waals surface area contributed by atoms with Crippen LogP contribution in [0.4, 0.5) is 0 Å². The normalized spacial score (nSPS) is 17.0. The van der Waals surface area contributed by atoms with Crippen molar-refractivity contribution in [3.05, 3.63) is 29.8 Å². The number of hydrogen-bond acceptors (Lipinski definition) is 3. The van der Waals surface area contributed by atoms with Crippen molar-refractivity contribution >= 4 is 6.41 Å². The van der Waals surface area contributed by atoms with Gasteiger partial charge in [0.25, 0.3) is 0 Å². The number of carbonyl (C=O) groups is 1. The fourth-order valence-electron chi connectivity index (χ4n) is 3.08. The number of nitrogens with one attached hydrogen (secondary N) is 1. The highest BCUT2D eigenvalue weighted by Gasteiger charge is 2.29. The standard InChI is InChI=1S/C17H26N2O3/c20-14-18-8-5-11-22-17-7-4-6-16(12-17)13-19(15-21)9-2-1-3-10-19/h4,6-7,12,14,21H,1-3,5,8-11,13,15H2/p+1. The summed E-state index contributed by atoms with van der Waals surface area (Å²) in [5.74, 6) is 0.858. The molecule has 2 N–H and O–H groups in total. The summed E-state index contributed by atoms with van der Waals surface area (Å²) < 4.78 is 6.49. The molecule has 0 bridgehead atoms. The smallest absolute Gasteiger partial charge is 0.207 e.